The molecular formula is C17H24O3. The molecular weight excluding hydrogens is 252 g/mol. The van der Waals surface area contributed by atoms with Crippen molar-refractivity contribution in [1.82, 2.24) is 0 Å². The van der Waals surface area contributed by atoms with E-state index in [0.29, 0.717) is 0 Å². The number of carbonyl (C=O) groups is 1. The predicted molar refractivity (Wildman–Crippen MR) is 78.6 cm³/mol. The fraction of sp³-hybridized carbons (Fsp3) is 0.588. The van der Waals surface area contributed by atoms with Crippen LogP contribution in [-0.2, 0) is 9.53 Å². The third-order valence-electron chi connectivity index (χ3n) is 3.86. The highest BCUT2D eigenvalue weighted by Crippen LogP contribution is 2.39. The Kier molecular flexibility index (Phi) is 4.36. The molecule has 3 heteroatoms. The Morgan fingerprint density at radius 1 is 1.30 bits per heavy atom. The Bertz CT molecular complexity index is 469. The second-order valence-electron chi connectivity index (χ2n) is 6.59. The highest BCUT2D eigenvalue weighted by Gasteiger charge is 2.34. The van der Waals surface area contributed by atoms with Gasteiger partial charge in [-0.25, -0.2) is 0 Å². The van der Waals surface area contributed by atoms with Gasteiger partial charge in [0.25, 0.3) is 0 Å². The van der Waals surface area contributed by atoms with E-state index >= 15 is 0 Å². The molecule has 0 radical (unpaired) electrons. The summed E-state index contributed by atoms with van der Waals surface area (Å²) in [5.74, 6) is 0.834. The van der Waals surface area contributed by atoms with Gasteiger partial charge < -0.3 is 9.47 Å². The molecule has 3 nitrogen and oxygen atoms in total. The van der Waals surface area contributed by atoms with Crippen LogP contribution in [0.15, 0.2) is 24.3 Å². The van der Waals surface area contributed by atoms with Crippen LogP contribution >= 0.6 is 0 Å². The van der Waals surface area contributed by atoms with Crippen LogP contribution in [0.1, 0.15) is 51.7 Å². The van der Waals surface area contributed by atoms with E-state index in [1.807, 2.05) is 24.3 Å². The average molecular weight is 276 g/mol. The number of carbonyl (C=O) groups excluding carboxylic acids is 1. The molecule has 1 aliphatic carbocycles. The Morgan fingerprint density at radius 2 is 2.00 bits per heavy atom. The van der Waals surface area contributed by atoms with Gasteiger partial charge in [-0.15, -0.1) is 0 Å². The minimum atomic E-state index is -0.245. The molecule has 1 aliphatic rings. The van der Waals surface area contributed by atoms with E-state index in [1.165, 1.54) is 0 Å². The van der Waals surface area contributed by atoms with Crippen LogP contribution in [0.2, 0.25) is 0 Å². The summed E-state index contributed by atoms with van der Waals surface area (Å²) in [6.07, 6.45) is 2.83. The van der Waals surface area contributed by atoms with Gasteiger partial charge in [-0.1, -0.05) is 39.3 Å². The van der Waals surface area contributed by atoms with Crippen LogP contribution in [0, 0.1) is 11.3 Å². The molecule has 0 bridgehead atoms. The third kappa shape index (κ3) is 3.33. The smallest absolute Gasteiger partial charge is 0.309 e. The standard InChI is InChI=1S/C17H24O3/c1-17(2,3)15(20-16(18)12-7-5-8-12)13-9-6-10-14(11-13)19-4/h6,9-12,15H,5,7-8H2,1-4H3. The van der Waals surface area contributed by atoms with Crippen LogP contribution < -0.4 is 4.74 Å². The van der Waals surface area contributed by atoms with Gasteiger partial charge in [0.1, 0.15) is 11.9 Å². The summed E-state index contributed by atoms with van der Waals surface area (Å²) in [6, 6.07) is 7.78. The van der Waals surface area contributed by atoms with E-state index in [-0.39, 0.29) is 23.4 Å². The number of benzene rings is 1. The summed E-state index contributed by atoms with van der Waals surface area (Å²) in [4.78, 5) is 12.2. The first kappa shape index (κ1) is 14.9. The lowest BCUT2D eigenvalue weighted by Gasteiger charge is -2.33. The van der Waals surface area contributed by atoms with Crippen molar-refractivity contribution < 1.29 is 14.3 Å². The summed E-state index contributed by atoms with van der Waals surface area (Å²) in [7, 11) is 1.64. The summed E-state index contributed by atoms with van der Waals surface area (Å²) >= 11 is 0. The maximum Gasteiger partial charge on any atom is 0.309 e. The molecule has 0 saturated heterocycles. The van der Waals surface area contributed by atoms with Crippen molar-refractivity contribution in [1.29, 1.82) is 0 Å². The van der Waals surface area contributed by atoms with Crippen molar-refractivity contribution in [2.45, 2.75) is 46.1 Å². The van der Waals surface area contributed by atoms with Crippen molar-refractivity contribution >= 4 is 5.97 Å². The molecule has 0 spiro atoms. The molecule has 1 aromatic carbocycles. The predicted octanol–water partition coefficient (Wildman–Crippen LogP) is 4.13. The number of ether oxygens (including phenoxy) is 2. The van der Waals surface area contributed by atoms with Crippen molar-refractivity contribution in [3.05, 3.63) is 29.8 Å². The Labute approximate surface area is 121 Å². The van der Waals surface area contributed by atoms with Crippen LogP contribution in [0.5, 0.6) is 5.75 Å². The van der Waals surface area contributed by atoms with E-state index in [0.717, 1.165) is 30.6 Å². The second-order valence-corrected chi connectivity index (χ2v) is 6.59. The molecule has 0 amide bonds. The molecule has 1 fully saturated rings. The second kappa shape index (κ2) is 5.86. The molecule has 0 aliphatic heterocycles. The van der Waals surface area contributed by atoms with Crippen molar-refractivity contribution in [2.24, 2.45) is 11.3 Å². The topological polar surface area (TPSA) is 35.5 Å². The number of hydrogen-bond acceptors (Lipinski definition) is 3. The highest BCUT2D eigenvalue weighted by atomic mass is 16.5. The number of methoxy groups -OCH3 is 1. The number of rotatable bonds is 4. The van der Waals surface area contributed by atoms with Crippen molar-refractivity contribution in [3.8, 4) is 5.75 Å². The lowest BCUT2D eigenvalue weighted by Crippen LogP contribution is -2.30. The van der Waals surface area contributed by atoms with E-state index < -0.39 is 0 Å². The van der Waals surface area contributed by atoms with Gasteiger partial charge in [0.05, 0.1) is 13.0 Å². The summed E-state index contributed by atoms with van der Waals surface area (Å²) in [6.45, 7) is 6.27. The van der Waals surface area contributed by atoms with Gasteiger partial charge >= 0.3 is 5.97 Å². The highest BCUT2D eigenvalue weighted by molar-refractivity contribution is 5.73. The molecule has 1 aromatic rings. The fourth-order valence-electron chi connectivity index (χ4n) is 2.41. The van der Waals surface area contributed by atoms with Crippen molar-refractivity contribution in [2.75, 3.05) is 7.11 Å². The SMILES string of the molecule is COc1cccc(C(OC(=O)C2CCC2)C(C)(C)C)c1. The maximum absolute atomic E-state index is 12.2. The molecule has 1 unspecified atom stereocenters. The number of hydrogen-bond donors (Lipinski definition) is 0. The zero-order valence-corrected chi connectivity index (χ0v) is 12.8. The van der Waals surface area contributed by atoms with Gasteiger partial charge in [-0.3, -0.25) is 4.79 Å². The van der Waals surface area contributed by atoms with Gasteiger partial charge in [-0.05, 0) is 30.5 Å². The van der Waals surface area contributed by atoms with Crippen molar-refractivity contribution in [3.63, 3.8) is 0 Å². The minimum absolute atomic E-state index is 0.0565. The van der Waals surface area contributed by atoms with Crippen LogP contribution in [-0.4, -0.2) is 13.1 Å². The minimum Gasteiger partial charge on any atom is -0.497 e. The van der Waals surface area contributed by atoms with Crippen LogP contribution in [0.25, 0.3) is 0 Å². The average Bonchev–Trinajstić information content (AvgIpc) is 2.32. The first-order valence-corrected chi connectivity index (χ1v) is 7.26. The monoisotopic (exact) mass is 276 g/mol. The molecule has 0 heterocycles. The van der Waals surface area contributed by atoms with E-state index in [1.54, 1.807) is 7.11 Å². The normalized spacial score (nSPS) is 17.2. The first-order chi connectivity index (χ1) is 9.41. The molecule has 0 N–H and O–H groups in total. The van der Waals surface area contributed by atoms with Gasteiger partial charge in [0.2, 0.25) is 0 Å². The fourth-order valence-corrected chi connectivity index (χ4v) is 2.41. The Morgan fingerprint density at radius 3 is 2.50 bits per heavy atom. The van der Waals surface area contributed by atoms with Gasteiger partial charge in [0, 0.05) is 5.41 Å². The first-order valence-electron chi connectivity index (χ1n) is 7.26. The van der Waals surface area contributed by atoms with E-state index in [9.17, 15) is 4.79 Å². The third-order valence-corrected chi connectivity index (χ3v) is 3.86. The van der Waals surface area contributed by atoms with Crippen LogP contribution in [0.4, 0.5) is 0 Å². The van der Waals surface area contributed by atoms with E-state index in [2.05, 4.69) is 20.8 Å². The zero-order chi connectivity index (χ0) is 14.8. The van der Waals surface area contributed by atoms with Gasteiger partial charge in [0.15, 0.2) is 0 Å². The maximum atomic E-state index is 12.2. The molecule has 110 valence electrons. The summed E-state index contributed by atoms with van der Waals surface area (Å²) < 4.78 is 11.1. The largest absolute Gasteiger partial charge is 0.497 e. The Hall–Kier alpha value is -1.51. The molecule has 0 aromatic heterocycles. The molecule has 20 heavy (non-hydrogen) atoms. The van der Waals surface area contributed by atoms with Crippen LogP contribution in [0.3, 0.4) is 0 Å². The summed E-state index contributed by atoms with van der Waals surface area (Å²) in [5.41, 5.74) is 0.843. The zero-order valence-electron chi connectivity index (χ0n) is 12.8. The molecule has 1 saturated carbocycles. The Balaban J connectivity index is 2.20. The quantitative estimate of drug-likeness (QED) is 0.776. The summed E-state index contributed by atoms with van der Waals surface area (Å²) in [5, 5.41) is 0. The lowest BCUT2D eigenvalue weighted by molar-refractivity contribution is -0.163. The molecule has 1 atom stereocenters. The van der Waals surface area contributed by atoms with Gasteiger partial charge in [-0.2, -0.15) is 0 Å². The molecule has 2 rings (SSSR count). The number of esters is 1. The lowest BCUT2D eigenvalue weighted by atomic mass is 9.83. The van der Waals surface area contributed by atoms with E-state index in [4.69, 9.17) is 9.47 Å².